The molecule has 1 aliphatic rings. The molecule has 1 atom stereocenters. The van der Waals surface area contributed by atoms with Gasteiger partial charge in [0.2, 0.25) is 5.56 Å². The third kappa shape index (κ3) is 2.30. The number of nitrogens with zero attached hydrogens (tertiary/aromatic N) is 1. The van der Waals surface area contributed by atoms with Gasteiger partial charge in [0, 0.05) is 30.9 Å². The Hall–Kier alpha value is -1.62. The summed E-state index contributed by atoms with van der Waals surface area (Å²) in [5.41, 5.74) is 0.0845. The van der Waals surface area contributed by atoms with Crippen LogP contribution < -0.4 is 5.56 Å². The molecule has 0 aromatic carbocycles. The lowest BCUT2D eigenvalue weighted by Crippen LogP contribution is -2.42. The van der Waals surface area contributed by atoms with Crippen LogP contribution in [0.2, 0.25) is 0 Å². The van der Waals surface area contributed by atoms with Crippen molar-refractivity contribution in [3.63, 3.8) is 0 Å². The molecule has 1 aromatic heterocycles. The molecular formula is C11H14N2O3. The van der Waals surface area contributed by atoms with Crippen molar-refractivity contribution >= 4 is 5.91 Å². The van der Waals surface area contributed by atoms with Gasteiger partial charge in [-0.05, 0) is 18.9 Å². The number of piperidine rings is 1. The van der Waals surface area contributed by atoms with E-state index in [1.54, 1.807) is 11.0 Å². The number of aromatic nitrogens is 1. The highest BCUT2D eigenvalue weighted by atomic mass is 16.3. The second-order valence-corrected chi connectivity index (χ2v) is 3.99. The van der Waals surface area contributed by atoms with Gasteiger partial charge in [-0.15, -0.1) is 0 Å². The monoisotopic (exact) mass is 222 g/mol. The molecule has 1 saturated heterocycles. The molecule has 5 heteroatoms. The molecule has 1 unspecified atom stereocenters. The molecule has 0 saturated carbocycles. The van der Waals surface area contributed by atoms with Crippen molar-refractivity contribution in [2.24, 2.45) is 0 Å². The summed E-state index contributed by atoms with van der Waals surface area (Å²) < 4.78 is 0. The van der Waals surface area contributed by atoms with Crippen LogP contribution in [0.5, 0.6) is 0 Å². The molecule has 5 nitrogen and oxygen atoms in total. The largest absolute Gasteiger partial charge is 0.391 e. The number of aliphatic hydroxyl groups is 1. The van der Waals surface area contributed by atoms with E-state index in [9.17, 15) is 14.7 Å². The Morgan fingerprint density at radius 1 is 1.56 bits per heavy atom. The number of H-pyrrole nitrogens is 1. The molecule has 1 aliphatic heterocycles. The van der Waals surface area contributed by atoms with E-state index >= 15 is 0 Å². The van der Waals surface area contributed by atoms with Gasteiger partial charge < -0.3 is 15.0 Å². The number of nitrogens with one attached hydrogen (secondary N) is 1. The minimum atomic E-state index is -0.445. The molecule has 1 amide bonds. The minimum Gasteiger partial charge on any atom is -0.391 e. The number of rotatable bonds is 1. The predicted molar refractivity (Wildman–Crippen MR) is 58.2 cm³/mol. The summed E-state index contributed by atoms with van der Waals surface area (Å²) in [5.74, 6) is -0.190. The van der Waals surface area contributed by atoms with E-state index in [4.69, 9.17) is 0 Å². The van der Waals surface area contributed by atoms with Gasteiger partial charge >= 0.3 is 0 Å². The Morgan fingerprint density at radius 3 is 3.06 bits per heavy atom. The molecule has 0 radical (unpaired) electrons. The van der Waals surface area contributed by atoms with Gasteiger partial charge in [-0.2, -0.15) is 0 Å². The predicted octanol–water partition coefficient (Wildman–Crippen LogP) is -0.0282. The van der Waals surface area contributed by atoms with Crippen molar-refractivity contribution in [2.45, 2.75) is 18.9 Å². The van der Waals surface area contributed by atoms with Crippen LogP contribution in [0.4, 0.5) is 0 Å². The van der Waals surface area contributed by atoms with E-state index in [-0.39, 0.29) is 11.5 Å². The summed E-state index contributed by atoms with van der Waals surface area (Å²) in [6.45, 7) is 0.994. The molecule has 16 heavy (non-hydrogen) atoms. The van der Waals surface area contributed by atoms with E-state index < -0.39 is 6.10 Å². The number of aromatic amines is 1. The maximum absolute atomic E-state index is 12.0. The Balaban J connectivity index is 2.15. The number of aliphatic hydroxyl groups excluding tert-OH is 1. The molecule has 2 N–H and O–H groups in total. The number of carbonyl (C=O) groups is 1. The van der Waals surface area contributed by atoms with E-state index in [1.165, 1.54) is 12.3 Å². The van der Waals surface area contributed by atoms with Crippen LogP contribution in [0.15, 0.2) is 23.1 Å². The van der Waals surface area contributed by atoms with Gasteiger partial charge in [-0.25, -0.2) is 0 Å². The van der Waals surface area contributed by atoms with Crippen molar-refractivity contribution in [1.82, 2.24) is 9.88 Å². The first kappa shape index (κ1) is 10.9. The number of carbonyl (C=O) groups excluding carboxylic acids is 1. The zero-order chi connectivity index (χ0) is 11.5. The molecular weight excluding hydrogens is 208 g/mol. The van der Waals surface area contributed by atoms with Crippen LogP contribution >= 0.6 is 0 Å². The molecule has 1 fully saturated rings. The van der Waals surface area contributed by atoms with Gasteiger partial charge in [0.15, 0.2) is 0 Å². The third-order valence-corrected chi connectivity index (χ3v) is 2.71. The lowest BCUT2D eigenvalue weighted by Gasteiger charge is -2.30. The highest BCUT2D eigenvalue weighted by molar-refractivity contribution is 5.94. The zero-order valence-corrected chi connectivity index (χ0v) is 8.85. The van der Waals surface area contributed by atoms with Crippen LogP contribution in [0.3, 0.4) is 0 Å². The SMILES string of the molecule is O=C(c1cc[nH]c(=O)c1)N1CCCC(O)C1. The topological polar surface area (TPSA) is 73.4 Å². The fourth-order valence-corrected chi connectivity index (χ4v) is 1.90. The number of amides is 1. The molecule has 1 aromatic rings. The van der Waals surface area contributed by atoms with Crippen molar-refractivity contribution in [3.05, 3.63) is 34.2 Å². The van der Waals surface area contributed by atoms with Crippen molar-refractivity contribution in [2.75, 3.05) is 13.1 Å². The van der Waals surface area contributed by atoms with Crippen molar-refractivity contribution in [1.29, 1.82) is 0 Å². The van der Waals surface area contributed by atoms with Crippen molar-refractivity contribution < 1.29 is 9.90 Å². The van der Waals surface area contributed by atoms with Gasteiger partial charge in [0.25, 0.3) is 5.91 Å². The Morgan fingerprint density at radius 2 is 2.38 bits per heavy atom. The van der Waals surface area contributed by atoms with E-state index in [1.807, 2.05) is 0 Å². The number of hydrogen-bond acceptors (Lipinski definition) is 3. The Labute approximate surface area is 92.7 Å². The third-order valence-electron chi connectivity index (χ3n) is 2.71. The van der Waals surface area contributed by atoms with Crippen LogP contribution in [-0.2, 0) is 0 Å². The number of likely N-dealkylation sites (tertiary alicyclic amines) is 1. The molecule has 0 bridgehead atoms. The average molecular weight is 222 g/mol. The van der Waals surface area contributed by atoms with E-state index in [0.29, 0.717) is 18.7 Å². The number of pyridine rings is 1. The number of hydrogen-bond donors (Lipinski definition) is 2. The second kappa shape index (κ2) is 4.49. The maximum Gasteiger partial charge on any atom is 0.254 e. The summed E-state index contributed by atoms with van der Waals surface area (Å²) in [7, 11) is 0. The van der Waals surface area contributed by atoms with Crippen LogP contribution in [0.25, 0.3) is 0 Å². The van der Waals surface area contributed by atoms with Gasteiger partial charge in [-0.1, -0.05) is 0 Å². The first-order chi connectivity index (χ1) is 7.66. The highest BCUT2D eigenvalue weighted by Crippen LogP contribution is 2.12. The zero-order valence-electron chi connectivity index (χ0n) is 8.85. The smallest absolute Gasteiger partial charge is 0.254 e. The fourth-order valence-electron chi connectivity index (χ4n) is 1.90. The van der Waals surface area contributed by atoms with E-state index in [2.05, 4.69) is 4.98 Å². The summed E-state index contributed by atoms with van der Waals surface area (Å²) in [6, 6.07) is 2.86. The van der Waals surface area contributed by atoms with Gasteiger partial charge in [0.05, 0.1) is 6.10 Å². The Bertz CT molecular complexity index is 441. The Kier molecular flexibility index (Phi) is 3.05. The normalized spacial score (nSPS) is 20.8. The summed E-state index contributed by atoms with van der Waals surface area (Å²) in [5, 5.41) is 9.47. The first-order valence-corrected chi connectivity index (χ1v) is 5.33. The lowest BCUT2D eigenvalue weighted by molar-refractivity contribution is 0.0473. The van der Waals surface area contributed by atoms with Gasteiger partial charge in [0.1, 0.15) is 0 Å². The van der Waals surface area contributed by atoms with Crippen molar-refractivity contribution in [3.8, 4) is 0 Å². The number of β-amino-alcohol motifs (C(OH)–C–C–N with tert-alkyl or cyclic N) is 1. The summed E-state index contributed by atoms with van der Waals surface area (Å²) >= 11 is 0. The average Bonchev–Trinajstić information content (AvgIpc) is 2.28. The van der Waals surface area contributed by atoms with Crippen LogP contribution in [-0.4, -0.2) is 40.1 Å². The lowest BCUT2D eigenvalue weighted by atomic mass is 10.1. The second-order valence-electron chi connectivity index (χ2n) is 3.99. The fraction of sp³-hybridized carbons (Fsp3) is 0.455. The first-order valence-electron chi connectivity index (χ1n) is 5.33. The molecule has 2 rings (SSSR count). The highest BCUT2D eigenvalue weighted by Gasteiger charge is 2.22. The molecule has 86 valence electrons. The molecule has 0 spiro atoms. The molecule has 0 aliphatic carbocycles. The quantitative estimate of drug-likeness (QED) is 0.701. The summed E-state index contributed by atoms with van der Waals surface area (Å²) in [6.07, 6.45) is 2.55. The standard InChI is InChI=1S/C11H14N2O3/c14-9-2-1-5-13(7-9)11(16)8-3-4-12-10(15)6-8/h3-4,6,9,14H,1-2,5,7H2,(H,12,15). The van der Waals surface area contributed by atoms with Crippen LogP contribution in [0, 0.1) is 0 Å². The maximum atomic E-state index is 12.0. The van der Waals surface area contributed by atoms with E-state index in [0.717, 1.165) is 12.8 Å². The molecule has 2 heterocycles. The van der Waals surface area contributed by atoms with Gasteiger partial charge in [-0.3, -0.25) is 9.59 Å². The minimum absolute atomic E-state index is 0.190. The summed E-state index contributed by atoms with van der Waals surface area (Å²) in [4.78, 5) is 27.1. The van der Waals surface area contributed by atoms with Crippen LogP contribution in [0.1, 0.15) is 23.2 Å².